The number of imide groups is 1. The van der Waals surface area contributed by atoms with E-state index in [9.17, 15) is 22.8 Å². The quantitative estimate of drug-likeness (QED) is 0.756. The number of cyclic esters (lactones) is 1. The predicted octanol–water partition coefficient (Wildman–Crippen LogP) is 0.452. The van der Waals surface area contributed by atoms with Gasteiger partial charge >= 0.3 is 6.09 Å². The maximum Gasteiger partial charge on any atom is 0.417 e. The van der Waals surface area contributed by atoms with Crippen molar-refractivity contribution in [1.29, 1.82) is 0 Å². The van der Waals surface area contributed by atoms with Crippen LogP contribution in [0.3, 0.4) is 0 Å². The SMILES string of the molecule is CC(C)(C)c1ccc(S(=O)(=O)NCC(=O)N2CC(N3C(=O)COC3=O)C2)cc1. The van der Waals surface area contributed by atoms with Gasteiger partial charge in [-0.25, -0.2) is 22.8 Å². The molecular weight excluding hydrogens is 386 g/mol. The highest BCUT2D eigenvalue weighted by molar-refractivity contribution is 7.89. The zero-order chi connectivity index (χ0) is 20.7. The molecule has 1 aromatic carbocycles. The maximum absolute atomic E-state index is 12.4. The number of hydrogen-bond donors (Lipinski definition) is 1. The average molecular weight is 409 g/mol. The van der Waals surface area contributed by atoms with Crippen LogP contribution in [0.25, 0.3) is 0 Å². The summed E-state index contributed by atoms with van der Waals surface area (Å²) in [4.78, 5) is 37.7. The number of likely N-dealkylation sites (tertiary alicyclic amines) is 1. The van der Waals surface area contributed by atoms with Crippen molar-refractivity contribution in [2.24, 2.45) is 0 Å². The lowest BCUT2D eigenvalue weighted by molar-refractivity contribution is -0.141. The van der Waals surface area contributed by atoms with Gasteiger partial charge in [-0.05, 0) is 23.1 Å². The number of amides is 3. The van der Waals surface area contributed by atoms with Gasteiger partial charge in [0, 0.05) is 13.1 Å². The van der Waals surface area contributed by atoms with Crippen molar-refractivity contribution in [3.8, 4) is 0 Å². The summed E-state index contributed by atoms with van der Waals surface area (Å²) in [5.74, 6) is -0.854. The summed E-state index contributed by atoms with van der Waals surface area (Å²) in [6.07, 6.45) is -0.707. The van der Waals surface area contributed by atoms with Crippen molar-refractivity contribution in [1.82, 2.24) is 14.5 Å². The molecule has 0 bridgehead atoms. The van der Waals surface area contributed by atoms with E-state index in [2.05, 4.69) is 9.46 Å². The summed E-state index contributed by atoms with van der Waals surface area (Å²) < 4.78 is 31.7. The van der Waals surface area contributed by atoms with Crippen molar-refractivity contribution in [3.05, 3.63) is 29.8 Å². The number of nitrogens with zero attached hydrogens (tertiary/aromatic N) is 2. The third kappa shape index (κ3) is 4.02. The molecule has 0 atom stereocenters. The normalized spacial score (nSPS) is 18.2. The molecule has 0 aromatic heterocycles. The minimum Gasteiger partial charge on any atom is -0.439 e. The molecule has 28 heavy (non-hydrogen) atoms. The largest absolute Gasteiger partial charge is 0.439 e. The Morgan fingerprint density at radius 1 is 1.18 bits per heavy atom. The average Bonchev–Trinajstić information content (AvgIpc) is 2.91. The number of nitrogens with one attached hydrogen (secondary N) is 1. The summed E-state index contributed by atoms with van der Waals surface area (Å²) in [5.41, 5.74) is 0.909. The molecule has 0 radical (unpaired) electrons. The zero-order valence-electron chi connectivity index (χ0n) is 16.0. The van der Waals surface area contributed by atoms with Crippen LogP contribution in [0.4, 0.5) is 4.79 Å². The summed E-state index contributed by atoms with van der Waals surface area (Å²) >= 11 is 0. The molecule has 3 rings (SSSR count). The van der Waals surface area contributed by atoms with Gasteiger partial charge < -0.3 is 9.64 Å². The van der Waals surface area contributed by atoms with Gasteiger partial charge in [0.05, 0.1) is 17.5 Å². The zero-order valence-corrected chi connectivity index (χ0v) is 16.8. The highest BCUT2D eigenvalue weighted by Gasteiger charge is 2.44. The van der Waals surface area contributed by atoms with Crippen LogP contribution in [-0.4, -0.2) is 68.4 Å². The van der Waals surface area contributed by atoms with Gasteiger partial charge in [-0.15, -0.1) is 0 Å². The Hall–Kier alpha value is -2.46. The Bertz CT molecular complexity index is 882. The third-order valence-electron chi connectivity index (χ3n) is 4.81. The standard InChI is InChI=1S/C18H23N3O6S/c1-18(2,3)12-4-6-14(7-5-12)28(25,26)19-8-15(22)20-9-13(10-20)21-16(23)11-27-17(21)24/h4-7,13,19H,8-11H2,1-3H3. The van der Waals surface area contributed by atoms with Crippen molar-refractivity contribution >= 4 is 27.9 Å². The maximum atomic E-state index is 12.4. The monoisotopic (exact) mass is 409 g/mol. The van der Waals surface area contributed by atoms with Crippen LogP contribution in [0.1, 0.15) is 26.3 Å². The fourth-order valence-corrected chi connectivity index (χ4v) is 4.00. The van der Waals surface area contributed by atoms with Gasteiger partial charge in [0.1, 0.15) is 0 Å². The Morgan fingerprint density at radius 2 is 1.79 bits per heavy atom. The van der Waals surface area contributed by atoms with Crippen LogP contribution in [0.5, 0.6) is 0 Å². The molecule has 2 aliphatic rings. The first-order chi connectivity index (χ1) is 13.0. The third-order valence-corrected chi connectivity index (χ3v) is 6.23. The van der Waals surface area contributed by atoms with Crippen LogP contribution in [0.15, 0.2) is 29.2 Å². The Balaban J connectivity index is 1.53. The summed E-state index contributed by atoms with van der Waals surface area (Å²) in [5, 5.41) is 0. The van der Waals surface area contributed by atoms with Crippen molar-refractivity contribution in [2.45, 2.75) is 37.1 Å². The lowest BCUT2D eigenvalue weighted by Gasteiger charge is -2.41. The topological polar surface area (TPSA) is 113 Å². The number of rotatable bonds is 5. The molecule has 2 saturated heterocycles. The van der Waals surface area contributed by atoms with E-state index < -0.39 is 40.5 Å². The van der Waals surface area contributed by atoms with Gasteiger partial charge in [0.25, 0.3) is 5.91 Å². The molecule has 3 amide bonds. The number of carbonyl (C=O) groups is 3. The molecule has 0 spiro atoms. The van der Waals surface area contributed by atoms with Crippen molar-refractivity contribution in [3.63, 3.8) is 0 Å². The smallest absolute Gasteiger partial charge is 0.417 e. The molecule has 10 heteroatoms. The number of benzene rings is 1. The molecule has 2 fully saturated rings. The van der Waals surface area contributed by atoms with E-state index in [0.717, 1.165) is 10.5 Å². The molecule has 0 saturated carbocycles. The second-order valence-electron chi connectivity index (χ2n) is 7.87. The van der Waals surface area contributed by atoms with Crippen molar-refractivity contribution < 1.29 is 27.5 Å². The van der Waals surface area contributed by atoms with Gasteiger partial charge in [0.2, 0.25) is 15.9 Å². The second kappa shape index (κ2) is 7.17. The van der Waals surface area contributed by atoms with E-state index in [1.54, 1.807) is 12.1 Å². The van der Waals surface area contributed by atoms with E-state index in [4.69, 9.17) is 0 Å². The molecular formula is C18H23N3O6S. The number of ether oxygens (including phenoxy) is 1. The minimum absolute atomic E-state index is 0.0835. The van der Waals surface area contributed by atoms with Gasteiger partial charge in [-0.3, -0.25) is 9.59 Å². The second-order valence-corrected chi connectivity index (χ2v) is 9.64. The van der Waals surface area contributed by atoms with Crippen LogP contribution >= 0.6 is 0 Å². The first-order valence-corrected chi connectivity index (χ1v) is 10.3. The Morgan fingerprint density at radius 3 is 2.29 bits per heavy atom. The Labute approximate surface area is 163 Å². The number of carbonyl (C=O) groups excluding carboxylic acids is 3. The molecule has 1 N–H and O–H groups in total. The first-order valence-electron chi connectivity index (χ1n) is 8.86. The lowest BCUT2D eigenvalue weighted by Crippen LogP contribution is -2.63. The Kier molecular flexibility index (Phi) is 5.20. The summed E-state index contributed by atoms with van der Waals surface area (Å²) in [6.45, 7) is 5.75. The summed E-state index contributed by atoms with van der Waals surface area (Å²) in [7, 11) is -3.82. The van der Waals surface area contributed by atoms with Gasteiger partial charge in [-0.2, -0.15) is 0 Å². The molecule has 152 valence electrons. The van der Waals surface area contributed by atoms with Gasteiger partial charge in [-0.1, -0.05) is 32.9 Å². The van der Waals surface area contributed by atoms with Crippen LogP contribution in [0, 0.1) is 0 Å². The molecule has 1 aromatic rings. The molecule has 0 unspecified atom stereocenters. The van der Waals surface area contributed by atoms with E-state index in [1.807, 2.05) is 20.8 Å². The predicted molar refractivity (Wildman–Crippen MR) is 98.9 cm³/mol. The molecule has 9 nitrogen and oxygen atoms in total. The van der Waals surface area contributed by atoms with E-state index in [1.165, 1.54) is 17.0 Å². The number of hydrogen-bond acceptors (Lipinski definition) is 6. The van der Waals surface area contributed by atoms with E-state index in [-0.39, 0.29) is 30.0 Å². The fraction of sp³-hybridized carbons (Fsp3) is 0.500. The molecule has 2 heterocycles. The van der Waals surface area contributed by atoms with Crippen LogP contribution in [-0.2, 0) is 29.8 Å². The minimum atomic E-state index is -3.82. The highest BCUT2D eigenvalue weighted by Crippen LogP contribution is 2.23. The number of sulfonamides is 1. The highest BCUT2D eigenvalue weighted by atomic mass is 32.2. The fourth-order valence-electron chi connectivity index (χ4n) is 3.03. The van der Waals surface area contributed by atoms with Crippen LogP contribution < -0.4 is 4.72 Å². The molecule has 0 aliphatic carbocycles. The van der Waals surface area contributed by atoms with Crippen LogP contribution in [0.2, 0.25) is 0 Å². The van der Waals surface area contributed by atoms with Crippen molar-refractivity contribution in [2.75, 3.05) is 26.2 Å². The lowest BCUT2D eigenvalue weighted by atomic mass is 9.87. The van der Waals surface area contributed by atoms with E-state index >= 15 is 0 Å². The first kappa shape index (κ1) is 20.3. The van der Waals surface area contributed by atoms with E-state index in [0.29, 0.717) is 0 Å². The molecule has 2 aliphatic heterocycles. The summed E-state index contributed by atoms with van der Waals surface area (Å²) in [6, 6.07) is 6.11. The van der Waals surface area contributed by atoms with Gasteiger partial charge in [0.15, 0.2) is 6.61 Å².